The SMILES string of the molecule is C=CCC1CCC(C2CCC(COC(CCCCF)C(C)F)CC2)CC1. The van der Waals surface area contributed by atoms with Crippen LogP contribution in [0.3, 0.4) is 0 Å². The summed E-state index contributed by atoms with van der Waals surface area (Å²) >= 11 is 0. The van der Waals surface area contributed by atoms with Gasteiger partial charge in [0.25, 0.3) is 0 Å². The summed E-state index contributed by atoms with van der Waals surface area (Å²) in [5.74, 6) is 3.30. The number of unbranched alkanes of at least 4 members (excludes halogenated alkanes) is 1. The highest BCUT2D eigenvalue weighted by atomic mass is 19.1. The fourth-order valence-corrected chi connectivity index (χ4v) is 5.10. The van der Waals surface area contributed by atoms with Gasteiger partial charge in [0, 0.05) is 6.61 Å². The maximum absolute atomic E-state index is 13.7. The highest BCUT2D eigenvalue weighted by Crippen LogP contribution is 2.42. The van der Waals surface area contributed by atoms with E-state index in [4.69, 9.17) is 4.74 Å². The van der Waals surface area contributed by atoms with E-state index in [1.807, 2.05) is 0 Å². The van der Waals surface area contributed by atoms with Crippen LogP contribution in [0.25, 0.3) is 0 Å². The topological polar surface area (TPSA) is 9.23 Å². The van der Waals surface area contributed by atoms with Crippen molar-refractivity contribution in [1.29, 1.82) is 0 Å². The summed E-state index contributed by atoms with van der Waals surface area (Å²) in [4.78, 5) is 0. The zero-order valence-corrected chi connectivity index (χ0v) is 16.8. The molecule has 0 aliphatic heterocycles. The number of halogens is 2. The summed E-state index contributed by atoms with van der Waals surface area (Å²) in [6.45, 7) is 5.83. The Morgan fingerprint density at radius 1 is 0.962 bits per heavy atom. The molecule has 0 bridgehead atoms. The summed E-state index contributed by atoms with van der Waals surface area (Å²) < 4.78 is 31.9. The molecule has 26 heavy (non-hydrogen) atoms. The predicted octanol–water partition coefficient (Wildman–Crippen LogP) is 7.06. The van der Waals surface area contributed by atoms with Crippen LogP contribution < -0.4 is 0 Å². The van der Waals surface area contributed by atoms with Crippen LogP contribution in [0, 0.1) is 23.7 Å². The van der Waals surface area contributed by atoms with Crippen LogP contribution in [0.1, 0.15) is 84.0 Å². The van der Waals surface area contributed by atoms with Crippen molar-refractivity contribution in [2.45, 2.75) is 96.2 Å². The molecule has 0 amide bonds. The zero-order chi connectivity index (χ0) is 18.8. The summed E-state index contributed by atoms with van der Waals surface area (Å²) in [5, 5.41) is 0. The quantitative estimate of drug-likeness (QED) is 0.279. The van der Waals surface area contributed by atoms with E-state index in [0.717, 1.165) is 24.2 Å². The first-order valence-corrected chi connectivity index (χ1v) is 11.1. The van der Waals surface area contributed by atoms with Gasteiger partial charge in [-0.15, -0.1) is 6.58 Å². The van der Waals surface area contributed by atoms with Gasteiger partial charge in [-0.25, -0.2) is 4.39 Å². The van der Waals surface area contributed by atoms with Gasteiger partial charge in [0.05, 0.1) is 12.8 Å². The lowest BCUT2D eigenvalue weighted by Crippen LogP contribution is -2.30. The van der Waals surface area contributed by atoms with Gasteiger partial charge < -0.3 is 4.74 Å². The van der Waals surface area contributed by atoms with E-state index < -0.39 is 6.17 Å². The van der Waals surface area contributed by atoms with E-state index in [2.05, 4.69) is 12.7 Å². The number of rotatable bonds is 11. The molecule has 0 N–H and O–H groups in total. The van der Waals surface area contributed by atoms with Crippen molar-refractivity contribution in [3.05, 3.63) is 12.7 Å². The van der Waals surface area contributed by atoms with Gasteiger partial charge in [0.1, 0.15) is 6.17 Å². The Morgan fingerprint density at radius 2 is 1.54 bits per heavy atom. The van der Waals surface area contributed by atoms with Crippen molar-refractivity contribution in [3.8, 4) is 0 Å². The third-order valence-corrected chi connectivity index (χ3v) is 6.88. The lowest BCUT2D eigenvalue weighted by Gasteiger charge is -2.38. The molecule has 2 aliphatic rings. The van der Waals surface area contributed by atoms with Crippen molar-refractivity contribution in [1.82, 2.24) is 0 Å². The molecule has 2 fully saturated rings. The number of ether oxygens (including phenoxy) is 1. The Hall–Kier alpha value is -0.440. The standard InChI is InChI=1S/C23H40F2O/c1-3-6-19-8-12-21(13-9-19)22-14-10-20(11-15-22)17-26-23(18(2)25)7-4-5-16-24/h3,18-23H,1,4-17H2,2H3. The van der Waals surface area contributed by atoms with Crippen LogP contribution in [0.2, 0.25) is 0 Å². The highest BCUT2D eigenvalue weighted by molar-refractivity contribution is 4.84. The lowest BCUT2D eigenvalue weighted by molar-refractivity contribution is -0.0285. The molecule has 2 aliphatic carbocycles. The van der Waals surface area contributed by atoms with Crippen LogP contribution in [0.15, 0.2) is 12.7 Å². The molecule has 0 saturated heterocycles. The van der Waals surface area contributed by atoms with Crippen LogP contribution in [0.4, 0.5) is 8.78 Å². The number of hydrogen-bond acceptors (Lipinski definition) is 1. The van der Waals surface area contributed by atoms with E-state index in [9.17, 15) is 8.78 Å². The Morgan fingerprint density at radius 3 is 2.04 bits per heavy atom. The predicted molar refractivity (Wildman–Crippen MR) is 106 cm³/mol. The molecule has 1 nitrogen and oxygen atoms in total. The van der Waals surface area contributed by atoms with Gasteiger partial charge in [-0.2, -0.15) is 0 Å². The maximum atomic E-state index is 13.7. The van der Waals surface area contributed by atoms with Gasteiger partial charge in [0.15, 0.2) is 0 Å². The third-order valence-electron chi connectivity index (χ3n) is 6.88. The molecule has 3 heteroatoms. The molecule has 0 aromatic heterocycles. The second-order valence-electron chi connectivity index (χ2n) is 8.82. The van der Waals surface area contributed by atoms with E-state index in [-0.39, 0.29) is 12.8 Å². The Bertz CT molecular complexity index is 368. The molecule has 0 spiro atoms. The average molecular weight is 371 g/mol. The first-order valence-electron chi connectivity index (χ1n) is 11.1. The smallest absolute Gasteiger partial charge is 0.123 e. The largest absolute Gasteiger partial charge is 0.375 e. The summed E-state index contributed by atoms with van der Waals surface area (Å²) in [6, 6.07) is 0. The fourth-order valence-electron chi connectivity index (χ4n) is 5.10. The monoisotopic (exact) mass is 370 g/mol. The molecule has 152 valence electrons. The molecule has 0 aromatic rings. The first kappa shape index (κ1) is 21.9. The van der Waals surface area contributed by atoms with Gasteiger partial charge in [-0.3, -0.25) is 4.39 Å². The third kappa shape index (κ3) is 7.29. The number of alkyl halides is 2. The normalized spacial score (nSPS) is 32.1. The number of allylic oxidation sites excluding steroid dienone is 1. The Kier molecular flexibility index (Phi) is 10.2. The van der Waals surface area contributed by atoms with Crippen LogP contribution in [-0.2, 0) is 4.74 Å². The molecular weight excluding hydrogens is 330 g/mol. The van der Waals surface area contributed by atoms with Crippen LogP contribution in [-0.4, -0.2) is 25.6 Å². The van der Waals surface area contributed by atoms with Crippen molar-refractivity contribution >= 4 is 0 Å². The molecule has 0 heterocycles. The summed E-state index contributed by atoms with van der Waals surface area (Å²) in [6.07, 6.45) is 14.5. The fraction of sp³-hybridized carbons (Fsp3) is 0.913. The summed E-state index contributed by atoms with van der Waals surface area (Å²) in [5.41, 5.74) is 0. The second-order valence-corrected chi connectivity index (χ2v) is 8.82. The molecule has 2 rings (SSSR count). The minimum Gasteiger partial charge on any atom is -0.375 e. The van der Waals surface area contributed by atoms with Gasteiger partial charge in [0.2, 0.25) is 0 Å². The first-order chi connectivity index (χ1) is 12.6. The van der Waals surface area contributed by atoms with Gasteiger partial charge >= 0.3 is 0 Å². The highest BCUT2D eigenvalue weighted by Gasteiger charge is 2.31. The molecule has 2 unspecified atom stereocenters. The van der Waals surface area contributed by atoms with Crippen LogP contribution in [0.5, 0.6) is 0 Å². The second kappa shape index (κ2) is 12.1. The van der Waals surface area contributed by atoms with E-state index in [0.29, 0.717) is 25.4 Å². The van der Waals surface area contributed by atoms with E-state index in [1.54, 1.807) is 6.92 Å². The minimum atomic E-state index is -0.961. The molecule has 2 saturated carbocycles. The summed E-state index contributed by atoms with van der Waals surface area (Å²) in [7, 11) is 0. The zero-order valence-electron chi connectivity index (χ0n) is 16.8. The van der Waals surface area contributed by atoms with Gasteiger partial charge in [-0.05, 0) is 108 Å². The van der Waals surface area contributed by atoms with E-state index >= 15 is 0 Å². The van der Waals surface area contributed by atoms with Crippen molar-refractivity contribution in [3.63, 3.8) is 0 Å². The Labute approximate surface area is 160 Å². The molecule has 0 radical (unpaired) electrons. The van der Waals surface area contributed by atoms with Gasteiger partial charge in [-0.1, -0.05) is 6.08 Å². The van der Waals surface area contributed by atoms with Crippen molar-refractivity contribution in [2.24, 2.45) is 23.7 Å². The van der Waals surface area contributed by atoms with E-state index in [1.165, 1.54) is 57.8 Å². The van der Waals surface area contributed by atoms with Crippen LogP contribution >= 0.6 is 0 Å². The lowest BCUT2D eigenvalue weighted by atomic mass is 9.69. The average Bonchev–Trinajstić information content (AvgIpc) is 2.66. The molecule has 0 aromatic carbocycles. The Balaban J connectivity index is 1.64. The maximum Gasteiger partial charge on any atom is 0.123 e. The minimum absolute atomic E-state index is 0.313. The van der Waals surface area contributed by atoms with Crippen molar-refractivity contribution < 1.29 is 13.5 Å². The van der Waals surface area contributed by atoms with Crippen molar-refractivity contribution in [2.75, 3.05) is 13.3 Å². The molecule has 2 atom stereocenters. The molecular formula is C23H40F2O. The number of hydrogen-bond donors (Lipinski definition) is 0.